The molecule has 1 aliphatic carbocycles. The number of methoxy groups -OCH3 is 1. The summed E-state index contributed by atoms with van der Waals surface area (Å²) in [6.07, 6.45) is -1.00. The van der Waals surface area contributed by atoms with Gasteiger partial charge in [0.1, 0.15) is 5.69 Å². The minimum Gasteiger partial charge on any atom is -0.493 e. The van der Waals surface area contributed by atoms with Crippen molar-refractivity contribution in [3.8, 4) is 11.5 Å². The molecule has 0 bridgehead atoms. The van der Waals surface area contributed by atoms with E-state index in [1.807, 2.05) is 0 Å². The summed E-state index contributed by atoms with van der Waals surface area (Å²) in [4.78, 5) is 16.9. The van der Waals surface area contributed by atoms with Gasteiger partial charge in [0, 0.05) is 29.4 Å². The SMILES string of the molecule is COc1cc(NC(=O)c2cc3nc(C4CC4)cc(C(F)F)n3n2)ccc1OC(F)F. The predicted molar refractivity (Wildman–Crippen MR) is 97.5 cm³/mol. The number of amides is 1. The van der Waals surface area contributed by atoms with Gasteiger partial charge in [-0.3, -0.25) is 4.79 Å². The molecular weight excluding hydrogens is 408 g/mol. The number of aromatic nitrogens is 3. The number of fused-ring (bicyclic) bond motifs is 1. The normalized spacial score (nSPS) is 13.8. The number of rotatable bonds is 7. The first-order valence-electron chi connectivity index (χ1n) is 8.98. The highest BCUT2D eigenvalue weighted by Crippen LogP contribution is 2.40. The van der Waals surface area contributed by atoms with E-state index in [9.17, 15) is 22.4 Å². The first kappa shape index (κ1) is 19.9. The molecule has 1 amide bonds. The van der Waals surface area contributed by atoms with E-state index < -0.39 is 18.9 Å². The van der Waals surface area contributed by atoms with Crippen LogP contribution in [0.15, 0.2) is 30.3 Å². The number of halogens is 4. The van der Waals surface area contributed by atoms with E-state index in [2.05, 4.69) is 20.1 Å². The van der Waals surface area contributed by atoms with E-state index >= 15 is 0 Å². The highest BCUT2D eigenvalue weighted by molar-refractivity contribution is 6.03. The third kappa shape index (κ3) is 4.00. The van der Waals surface area contributed by atoms with Crippen molar-refractivity contribution in [2.24, 2.45) is 0 Å². The second kappa shape index (κ2) is 7.81. The van der Waals surface area contributed by atoms with Gasteiger partial charge >= 0.3 is 6.61 Å². The van der Waals surface area contributed by atoms with Crippen LogP contribution in [-0.4, -0.2) is 34.2 Å². The van der Waals surface area contributed by atoms with Crippen molar-refractivity contribution in [3.63, 3.8) is 0 Å². The molecule has 4 rings (SSSR count). The van der Waals surface area contributed by atoms with Gasteiger partial charge in [-0.25, -0.2) is 18.3 Å². The third-order valence-corrected chi connectivity index (χ3v) is 4.56. The Morgan fingerprint density at radius 2 is 1.93 bits per heavy atom. The van der Waals surface area contributed by atoms with Gasteiger partial charge in [-0.15, -0.1) is 0 Å². The fraction of sp³-hybridized carbons (Fsp3) is 0.316. The predicted octanol–water partition coefficient (Wildman–Crippen LogP) is 4.41. The highest BCUT2D eigenvalue weighted by Gasteiger charge is 2.28. The third-order valence-electron chi connectivity index (χ3n) is 4.56. The topological polar surface area (TPSA) is 77.8 Å². The molecule has 1 aliphatic rings. The minimum absolute atomic E-state index is 0.0150. The number of ether oxygens (including phenoxy) is 2. The summed E-state index contributed by atoms with van der Waals surface area (Å²) in [6, 6.07) is 6.47. The fourth-order valence-electron chi connectivity index (χ4n) is 3.01. The van der Waals surface area contributed by atoms with Gasteiger partial charge in [-0.1, -0.05) is 0 Å². The Kier molecular flexibility index (Phi) is 5.18. The van der Waals surface area contributed by atoms with Crippen LogP contribution in [0, 0.1) is 0 Å². The molecule has 1 fully saturated rings. The molecule has 3 aromatic rings. The number of alkyl halides is 4. The number of hydrogen-bond acceptors (Lipinski definition) is 5. The van der Waals surface area contributed by atoms with Gasteiger partial charge in [-0.2, -0.15) is 13.9 Å². The first-order valence-corrected chi connectivity index (χ1v) is 8.98. The van der Waals surface area contributed by atoms with Crippen LogP contribution in [-0.2, 0) is 0 Å². The summed E-state index contributed by atoms with van der Waals surface area (Å²) < 4.78 is 62.0. The molecule has 7 nitrogen and oxygen atoms in total. The quantitative estimate of drug-likeness (QED) is 0.569. The maximum absolute atomic E-state index is 13.5. The minimum atomic E-state index is -3.03. The van der Waals surface area contributed by atoms with E-state index in [-0.39, 0.29) is 40.1 Å². The van der Waals surface area contributed by atoms with Crippen LogP contribution in [0.25, 0.3) is 5.65 Å². The lowest BCUT2D eigenvalue weighted by molar-refractivity contribution is -0.0512. The van der Waals surface area contributed by atoms with E-state index in [4.69, 9.17) is 4.74 Å². The first-order chi connectivity index (χ1) is 14.4. The van der Waals surface area contributed by atoms with Crippen molar-refractivity contribution in [1.82, 2.24) is 14.6 Å². The van der Waals surface area contributed by atoms with Crippen LogP contribution < -0.4 is 14.8 Å². The molecule has 158 valence electrons. The summed E-state index contributed by atoms with van der Waals surface area (Å²) in [7, 11) is 1.26. The van der Waals surface area contributed by atoms with Crippen molar-refractivity contribution in [1.29, 1.82) is 0 Å². The molecule has 0 unspecified atom stereocenters. The van der Waals surface area contributed by atoms with Crippen LogP contribution in [0.1, 0.15) is 47.1 Å². The molecule has 0 spiro atoms. The zero-order chi connectivity index (χ0) is 21.4. The lowest BCUT2D eigenvalue weighted by Gasteiger charge is -2.11. The summed E-state index contributed by atoms with van der Waals surface area (Å²) in [5.74, 6) is -0.741. The Hall–Kier alpha value is -3.37. The number of nitrogens with zero attached hydrogens (tertiary/aromatic N) is 3. The smallest absolute Gasteiger partial charge is 0.387 e. The lowest BCUT2D eigenvalue weighted by Crippen LogP contribution is -2.13. The molecule has 0 atom stereocenters. The summed E-state index contributed by atoms with van der Waals surface area (Å²) >= 11 is 0. The molecule has 0 radical (unpaired) electrons. The van der Waals surface area contributed by atoms with Gasteiger partial charge < -0.3 is 14.8 Å². The van der Waals surface area contributed by atoms with Crippen LogP contribution >= 0.6 is 0 Å². The van der Waals surface area contributed by atoms with Crippen molar-refractivity contribution in [3.05, 3.63) is 47.4 Å². The van der Waals surface area contributed by atoms with E-state index in [0.29, 0.717) is 5.69 Å². The second-order valence-corrected chi connectivity index (χ2v) is 6.68. The van der Waals surface area contributed by atoms with Crippen LogP contribution in [0.5, 0.6) is 11.5 Å². The molecule has 1 aromatic carbocycles. The van der Waals surface area contributed by atoms with Crippen LogP contribution in [0.3, 0.4) is 0 Å². The van der Waals surface area contributed by atoms with Gasteiger partial charge in [0.25, 0.3) is 12.3 Å². The average Bonchev–Trinajstić information content (AvgIpc) is 3.46. The van der Waals surface area contributed by atoms with Gasteiger partial charge in [0.2, 0.25) is 0 Å². The van der Waals surface area contributed by atoms with Crippen molar-refractivity contribution in [2.45, 2.75) is 31.8 Å². The molecule has 11 heteroatoms. The standard InChI is InChI=1S/C19H16F4N4O3/c1-29-15-6-10(4-5-14(15)30-19(22)23)24-18(28)12-8-16-25-11(9-2-3-9)7-13(17(20)21)27(16)26-12/h4-9,17,19H,2-3H2,1H3,(H,24,28). The molecule has 1 saturated carbocycles. The number of hydrogen-bond donors (Lipinski definition) is 1. The molecule has 30 heavy (non-hydrogen) atoms. The zero-order valence-corrected chi connectivity index (χ0v) is 15.6. The van der Waals surface area contributed by atoms with Gasteiger partial charge in [0.15, 0.2) is 22.8 Å². The van der Waals surface area contributed by atoms with Crippen molar-refractivity contribution < 1.29 is 31.8 Å². The molecule has 2 aromatic heterocycles. The fourth-order valence-corrected chi connectivity index (χ4v) is 3.01. The Morgan fingerprint density at radius 3 is 2.57 bits per heavy atom. The number of anilines is 1. The average molecular weight is 424 g/mol. The van der Waals surface area contributed by atoms with Crippen LogP contribution in [0.2, 0.25) is 0 Å². The Morgan fingerprint density at radius 1 is 1.17 bits per heavy atom. The summed E-state index contributed by atoms with van der Waals surface area (Å²) in [6.45, 7) is -3.03. The number of carbonyl (C=O) groups is 1. The molecular formula is C19H16F4N4O3. The molecule has 0 aliphatic heterocycles. The molecule has 0 saturated heterocycles. The number of carbonyl (C=O) groups excluding carboxylic acids is 1. The second-order valence-electron chi connectivity index (χ2n) is 6.68. The monoisotopic (exact) mass is 424 g/mol. The number of benzene rings is 1. The highest BCUT2D eigenvalue weighted by atomic mass is 19.3. The van der Waals surface area contributed by atoms with Gasteiger partial charge in [0.05, 0.1) is 7.11 Å². The van der Waals surface area contributed by atoms with Gasteiger partial charge in [-0.05, 0) is 31.0 Å². The van der Waals surface area contributed by atoms with E-state index in [0.717, 1.165) is 17.4 Å². The zero-order valence-electron chi connectivity index (χ0n) is 15.6. The maximum atomic E-state index is 13.5. The summed E-state index contributed by atoms with van der Waals surface area (Å²) in [5, 5.41) is 6.48. The molecule has 2 heterocycles. The van der Waals surface area contributed by atoms with Crippen molar-refractivity contribution >= 4 is 17.2 Å². The Bertz CT molecular complexity index is 1100. The number of nitrogens with one attached hydrogen (secondary N) is 1. The summed E-state index contributed by atoms with van der Waals surface area (Å²) in [5.41, 5.74) is 0.471. The van der Waals surface area contributed by atoms with E-state index in [1.165, 1.54) is 37.4 Å². The van der Waals surface area contributed by atoms with Crippen LogP contribution in [0.4, 0.5) is 23.2 Å². The molecule has 1 N–H and O–H groups in total. The largest absolute Gasteiger partial charge is 0.493 e. The maximum Gasteiger partial charge on any atom is 0.387 e. The lowest BCUT2D eigenvalue weighted by atomic mass is 10.2. The van der Waals surface area contributed by atoms with Crippen molar-refractivity contribution in [2.75, 3.05) is 12.4 Å². The Labute approximate surface area is 167 Å². The van der Waals surface area contributed by atoms with E-state index in [1.54, 1.807) is 0 Å². The Balaban J connectivity index is 1.61.